The smallest absolute Gasteiger partial charge is 0.295 e. The van der Waals surface area contributed by atoms with Gasteiger partial charge in [0.15, 0.2) is 0 Å². The fraction of sp³-hybridized carbons (Fsp3) is 0.333. The Bertz CT molecular complexity index is 1010. The third-order valence-electron chi connectivity index (χ3n) is 6.00. The number of rotatable bonds is 6. The Hall–Kier alpha value is -2.87. The van der Waals surface area contributed by atoms with Crippen molar-refractivity contribution < 1.29 is 29.4 Å². The highest BCUT2D eigenvalue weighted by molar-refractivity contribution is 6.46. The average Bonchev–Trinajstić information content (AvgIpc) is 3.05. The molecule has 8 heteroatoms. The number of ketones is 1. The number of aromatic hydroxyl groups is 1. The zero-order valence-corrected chi connectivity index (χ0v) is 18.3. The summed E-state index contributed by atoms with van der Waals surface area (Å²) in [4.78, 5) is 28.9. The molecule has 2 aromatic carbocycles. The number of carbonyl (C=O) groups is 2. The molecule has 1 amide bonds. The minimum Gasteiger partial charge on any atom is -0.508 e. The number of amides is 1. The van der Waals surface area contributed by atoms with Crippen LogP contribution in [0.5, 0.6) is 5.75 Å². The van der Waals surface area contributed by atoms with Crippen LogP contribution in [0.15, 0.2) is 54.1 Å². The molecule has 32 heavy (non-hydrogen) atoms. The van der Waals surface area contributed by atoms with E-state index in [0.29, 0.717) is 22.7 Å². The number of carbonyl (C=O) groups excluding carboxylic acids is 2. The van der Waals surface area contributed by atoms with Gasteiger partial charge in [0.1, 0.15) is 24.6 Å². The highest BCUT2D eigenvalue weighted by atomic mass is 35.5. The molecule has 0 unspecified atom stereocenters. The van der Waals surface area contributed by atoms with E-state index in [9.17, 15) is 19.8 Å². The normalized spacial score (nSPS) is 21.3. The molecule has 0 aromatic heterocycles. The zero-order valence-electron chi connectivity index (χ0n) is 17.6. The first-order chi connectivity index (χ1) is 15.5. The van der Waals surface area contributed by atoms with Gasteiger partial charge in [-0.1, -0.05) is 23.7 Å². The van der Waals surface area contributed by atoms with Gasteiger partial charge in [-0.2, -0.15) is 0 Å². The maximum absolute atomic E-state index is 13.0. The molecule has 168 valence electrons. The molecular weight excluding hydrogens is 432 g/mol. The van der Waals surface area contributed by atoms with Crippen molar-refractivity contribution in [2.24, 2.45) is 0 Å². The molecule has 4 rings (SSSR count). The lowest BCUT2D eigenvalue weighted by Gasteiger charge is -2.27. The number of quaternary nitrogens is 1. The first kappa shape index (κ1) is 22.3. The number of Topliss-reactive ketones (excluding diaryl/α,β-unsaturated/α-hetero) is 1. The molecule has 0 spiro atoms. The summed E-state index contributed by atoms with van der Waals surface area (Å²) in [5, 5.41) is 21.2. The van der Waals surface area contributed by atoms with Crippen LogP contribution in [0.25, 0.3) is 5.76 Å². The van der Waals surface area contributed by atoms with Crippen molar-refractivity contribution in [3.8, 4) is 5.75 Å². The monoisotopic (exact) mass is 457 g/mol. The van der Waals surface area contributed by atoms with E-state index in [0.717, 1.165) is 39.3 Å². The Kier molecular flexibility index (Phi) is 6.79. The first-order valence-corrected chi connectivity index (χ1v) is 11.1. The number of morpholine rings is 1. The van der Waals surface area contributed by atoms with E-state index in [1.54, 1.807) is 36.4 Å². The number of hydrogen-bond donors (Lipinski definition) is 3. The molecule has 2 aromatic rings. The third-order valence-corrected chi connectivity index (χ3v) is 6.25. The Balaban J connectivity index is 1.66. The zero-order chi connectivity index (χ0) is 22.7. The van der Waals surface area contributed by atoms with Crippen LogP contribution in [0.3, 0.4) is 0 Å². The largest absolute Gasteiger partial charge is 0.508 e. The molecule has 0 radical (unpaired) electrons. The van der Waals surface area contributed by atoms with Gasteiger partial charge < -0.3 is 24.7 Å². The van der Waals surface area contributed by atoms with Gasteiger partial charge in [0, 0.05) is 23.6 Å². The summed E-state index contributed by atoms with van der Waals surface area (Å²) < 4.78 is 5.39. The molecule has 2 saturated heterocycles. The number of ether oxygens (including phenoxy) is 1. The van der Waals surface area contributed by atoms with E-state index in [2.05, 4.69) is 0 Å². The quantitative estimate of drug-likeness (QED) is 0.349. The molecule has 7 nitrogen and oxygen atoms in total. The Morgan fingerprint density at radius 2 is 1.72 bits per heavy atom. The second-order valence-corrected chi connectivity index (χ2v) is 8.49. The van der Waals surface area contributed by atoms with E-state index < -0.39 is 17.7 Å². The minimum absolute atomic E-state index is 0.0433. The SMILES string of the molecule is O=C1C(=O)N(CCC[NH+]2CCOCC2)[C@@H](c2ccc(O)cc2)C1=C(O)c1ccc(Cl)cc1. The van der Waals surface area contributed by atoms with Crippen molar-refractivity contribution in [3.05, 3.63) is 70.3 Å². The number of phenolic OH excluding ortho intramolecular Hbond substituents is 1. The van der Waals surface area contributed by atoms with E-state index in [1.807, 2.05) is 0 Å². The molecular formula is C24H26ClN2O5+. The van der Waals surface area contributed by atoms with Crippen LogP contribution in [-0.2, 0) is 14.3 Å². The van der Waals surface area contributed by atoms with Crippen molar-refractivity contribution in [1.29, 1.82) is 0 Å². The average molecular weight is 458 g/mol. The number of phenols is 1. The van der Waals surface area contributed by atoms with Gasteiger partial charge in [-0.05, 0) is 42.0 Å². The van der Waals surface area contributed by atoms with Gasteiger partial charge in [-0.25, -0.2) is 0 Å². The second kappa shape index (κ2) is 9.73. The molecule has 0 saturated carbocycles. The third kappa shape index (κ3) is 4.65. The molecule has 2 aliphatic heterocycles. The maximum atomic E-state index is 13.0. The first-order valence-electron chi connectivity index (χ1n) is 10.7. The summed E-state index contributed by atoms with van der Waals surface area (Å²) in [7, 11) is 0. The van der Waals surface area contributed by atoms with E-state index >= 15 is 0 Å². The summed E-state index contributed by atoms with van der Waals surface area (Å²) in [5.74, 6) is -1.50. The topological polar surface area (TPSA) is 91.5 Å². The van der Waals surface area contributed by atoms with Crippen LogP contribution in [-0.4, -0.2) is 66.2 Å². The number of nitrogens with one attached hydrogen (secondary N) is 1. The van der Waals surface area contributed by atoms with Gasteiger partial charge in [0.25, 0.3) is 11.7 Å². The number of likely N-dealkylation sites (tertiary alicyclic amines) is 1. The predicted molar refractivity (Wildman–Crippen MR) is 120 cm³/mol. The number of aliphatic hydroxyl groups excluding tert-OH is 1. The molecule has 3 N–H and O–H groups in total. The minimum atomic E-state index is -0.731. The van der Waals surface area contributed by atoms with E-state index in [-0.39, 0.29) is 17.1 Å². The Morgan fingerprint density at radius 1 is 1.06 bits per heavy atom. The van der Waals surface area contributed by atoms with Crippen LogP contribution in [0.1, 0.15) is 23.6 Å². The predicted octanol–water partition coefficient (Wildman–Crippen LogP) is 1.77. The number of aliphatic hydroxyl groups is 1. The number of hydrogen-bond acceptors (Lipinski definition) is 5. The van der Waals surface area contributed by atoms with Crippen molar-refractivity contribution in [3.63, 3.8) is 0 Å². The van der Waals surface area contributed by atoms with Gasteiger partial charge in [0.2, 0.25) is 0 Å². The fourth-order valence-electron chi connectivity index (χ4n) is 4.29. The second-order valence-electron chi connectivity index (χ2n) is 8.06. The van der Waals surface area contributed by atoms with Gasteiger partial charge >= 0.3 is 0 Å². The maximum Gasteiger partial charge on any atom is 0.295 e. The Morgan fingerprint density at radius 3 is 2.38 bits per heavy atom. The lowest BCUT2D eigenvalue weighted by Crippen LogP contribution is -3.14. The molecule has 2 aliphatic rings. The summed E-state index contributed by atoms with van der Waals surface area (Å²) in [6, 6.07) is 12.1. The van der Waals surface area contributed by atoms with Crippen LogP contribution in [0.4, 0.5) is 0 Å². The van der Waals surface area contributed by atoms with E-state index in [4.69, 9.17) is 16.3 Å². The van der Waals surface area contributed by atoms with Crippen molar-refractivity contribution in [1.82, 2.24) is 4.90 Å². The number of halogens is 1. The summed E-state index contributed by atoms with van der Waals surface area (Å²) >= 11 is 5.95. The van der Waals surface area contributed by atoms with Crippen LogP contribution in [0.2, 0.25) is 5.02 Å². The summed E-state index contributed by atoms with van der Waals surface area (Å²) in [6.45, 7) is 4.57. The molecule has 0 bridgehead atoms. The summed E-state index contributed by atoms with van der Waals surface area (Å²) in [5.41, 5.74) is 1.10. The van der Waals surface area contributed by atoms with Gasteiger partial charge in [-0.3, -0.25) is 9.59 Å². The van der Waals surface area contributed by atoms with E-state index in [1.165, 1.54) is 21.9 Å². The molecule has 0 aliphatic carbocycles. The van der Waals surface area contributed by atoms with Crippen LogP contribution < -0.4 is 4.90 Å². The highest BCUT2D eigenvalue weighted by Crippen LogP contribution is 2.39. The number of benzene rings is 2. The van der Waals surface area contributed by atoms with Crippen molar-refractivity contribution in [2.75, 3.05) is 39.4 Å². The fourth-order valence-corrected chi connectivity index (χ4v) is 4.41. The standard InChI is InChI=1S/C24H25ClN2O5/c25-18-6-2-17(3-7-18)22(29)20-21(16-4-8-19(28)9-5-16)27(24(31)23(20)30)11-1-10-26-12-14-32-15-13-26/h2-9,21,28-29H,1,10-15H2/p+1/t21-/m0/s1. The van der Waals surface area contributed by atoms with Gasteiger partial charge in [-0.15, -0.1) is 0 Å². The number of nitrogens with zero attached hydrogens (tertiary/aromatic N) is 1. The van der Waals surface area contributed by atoms with Crippen molar-refractivity contribution in [2.45, 2.75) is 12.5 Å². The van der Waals surface area contributed by atoms with Crippen LogP contribution >= 0.6 is 11.6 Å². The highest BCUT2D eigenvalue weighted by Gasteiger charge is 2.45. The molecule has 2 heterocycles. The molecule has 1 atom stereocenters. The van der Waals surface area contributed by atoms with Crippen molar-refractivity contribution >= 4 is 29.1 Å². The molecule has 2 fully saturated rings. The van der Waals surface area contributed by atoms with Gasteiger partial charge in [0.05, 0.1) is 31.4 Å². The van der Waals surface area contributed by atoms with Crippen LogP contribution in [0, 0.1) is 0 Å². The lowest BCUT2D eigenvalue weighted by molar-refractivity contribution is -0.908. The Labute approximate surface area is 191 Å². The summed E-state index contributed by atoms with van der Waals surface area (Å²) in [6.07, 6.45) is 0.720. The lowest BCUT2D eigenvalue weighted by atomic mass is 9.95.